The second-order valence-electron chi connectivity index (χ2n) is 5.16. The van der Waals surface area contributed by atoms with Crippen LogP contribution in [-0.2, 0) is 4.79 Å². The predicted octanol–water partition coefficient (Wildman–Crippen LogP) is 3.17. The molecule has 0 amide bonds. The van der Waals surface area contributed by atoms with Gasteiger partial charge in [-0.1, -0.05) is 22.9 Å². The maximum atomic E-state index is 11.8. The molecule has 1 nitrogen and oxygen atoms in total. The average molecular weight is 245 g/mol. The Bertz CT molecular complexity index is 232. The summed E-state index contributed by atoms with van der Waals surface area (Å²) in [7, 11) is 0. The van der Waals surface area contributed by atoms with Gasteiger partial charge in [-0.25, -0.2) is 0 Å². The summed E-state index contributed by atoms with van der Waals surface area (Å²) in [4.78, 5) is 11.8. The molecule has 0 aliphatic heterocycles. The van der Waals surface area contributed by atoms with Crippen LogP contribution < -0.4 is 0 Å². The topological polar surface area (TPSA) is 17.1 Å². The van der Waals surface area contributed by atoms with Crippen LogP contribution in [0.1, 0.15) is 39.5 Å². The van der Waals surface area contributed by atoms with Gasteiger partial charge in [-0.2, -0.15) is 0 Å². The molecule has 0 aromatic rings. The zero-order valence-corrected chi connectivity index (χ0v) is 9.93. The van der Waals surface area contributed by atoms with Crippen molar-refractivity contribution in [3.63, 3.8) is 0 Å². The second-order valence-corrected chi connectivity index (χ2v) is 7.07. The summed E-state index contributed by atoms with van der Waals surface area (Å²) in [6.45, 7) is 4.33. The number of halogens is 1. The van der Waals surface area contributed by atoms with Crippen LogP contribution in [0.15, 0.2) is 0 Å². The minimum absolute atomic E-state index is 0.233. The van der Waals surface area contributed by atoms with E-state index in [0.29, 0.717) is 17.6 Å². The number of hydrogen-bond acceptors (Lipinski definition) is 1. The smallest absolute Gasteiger partial charge is 0.138 e. The fourth-order valence-electron chi connectivity index (χ4n) is 3.18. The molecule has 2 fully saturated rings. The quantitative estimate of drug-likeness (QED) is 0.599. The van der Waals surface area contributed by atoms with E-state index in [4.69, 9.17) is 0 Å². The highest BCUT2D eigenvalue weighted by Crippen LogP contribution is 2.47. The molecular weight excluding hydrogens is 228 g/mol. The van der Waals surface area contributed by atoms with Crippen LogP contribution in [0.25, 0.3) is 0 Å². The third-order valence-corrected chi connectivity index (χ3v) is 4.23. The van der Waals surface area contributed by atoms with Gasteiger partial charge in [0.15, 0.2) is 0 Å². The van der Waals surface area contributed by atoms with Gasteiger partial charge < -0.3 is 0 Å². The van der Waals surface area contributed by atoms with Crippen LogP contribution in [0.4, 0.5) is 0 Å². The number of fused-ring (bicyclic) bond motifs is 2. The molecule has 0 spiro atoms. The highest BCUT2D eigenvalue weighted by molar-refractivity contribution is 9.10. The molecule has 2 heteroatoms. The van der Waals surface area contributed by atoms with Crippen LogP contribution in [0.2, 0.25) is 0 Å². The lowest BCUT2D eigenvalue weighted by molar-refractivity contribution is -0.132. The number of hydrogen-bond donors (Lipinski definition) is 0. The summed E-state index contributed by atoms with van der Waals surface area (Å²) >= 11 is 3.74. The van der Waals surface area contributed by atoms with E-state index in [-0.39, 0.29) is 4.32 Å². The summed E-state index contributed by atoms with van der Waals surface area (Å²) in [5, 5.41) is 0. The first-order valence-electron chi connectivity index (χ1n) is 5.20. The molecule has 2 saturated carbocycles. The minimum Gasteiger partial charge on any atom is -0.299 e. The Morgan fingerprint density at radius 2 is 2.08 bits per heavy atom. The molecule has 0 heterocycles. The van der Waals surface area contributed by atoms with E-state index in [1.165, 1.54) is 6.42 Å². The van der Waals surface area contributed by atoms with Crippen molar-refractivity contribution in [1.82, 2.24) is 0 Å². The van der Waals surface area contributed by atoms with Gasteiger partial charge in [0.25, 0.3) is 0 Å². The molecule has 2 bridgehead atoms. The van der Waals surface area contributed by atoms with Gasteiger partial charge in [0.2, 0.25) is 0 Å². The average Bonchev–Trinajstić information content (AvgIpc) is 1.97. The molecule has 13 heavy (non-hydrogen) atoms. The van der Waals surface area contributed by atoms with Gasteiger partial charge in [0.05, 0.1) is 0 Å². The Kier molecular flexibility index (Phi) is 2.30. The SMILES string of the molecule is CC1CC2CC(CC(C)(Br)C2)C1=O. The van der Waals surface area contributed by atoms with Crippen molar-refractivity contribution in [1.29, 1.82) is 0 Å². The first-order chi connectivity index (χ1) is 5.98. The molecule has 2 rings (SSSR count). The first-order valence-corrected chi connectivity index (χ1v) is 6.00. The molecule has 0 radical (unpaired) electrons. The molecule has 74 valence electrons. The van der Waals surface area contributed by atoms with E-state index in [1.807, 2.05) is 0 Å². The molecular formula is C11H17BrO. The maximum absolute atomic E-state index is 11.8. The van der Waals surface area contributed by atoms with E-state index >= 15 is 0 Å². The van der Waals surface area contributed by atoms with Gasteiger partial charge >= 0.3 is 0 Å². The summed E-state index contributed by atoms with van der Waals surface area (Å²) in [6, 6.07) is 0. The molecule has 2 aliphatic rings. The number of rotatable bonds is 0. The van der Waals surface area contributed by atoms with Gasteiger partial charge in [-0.3, -0.25) is 4.79 Å². The van der Waals surface area contributed by atoms with E-state index in [2.05, 4.69) is 29.8 Å². The summed E-state index contributed by atoms with van der Waals surface area (Å²) in [5.74, 6) is 1.98. The molecule has 4 unspecified atom stereocenters. The minimum atomic E-state index is 0.233. The molecule has 2 aliphatic carbocycles. The zero-order valence-electron chi connectivity index (χ0n) is 8.35. The van der Waals surface area contributed by atoms with E-state index in [0.717, 1.165) is 25.2 Å². The molecule has 0 saturated heterocycles. The maximum Gasteiger partial charge on any atom is 0.138 e. The van der Waals surface area contributed by atoms with Crippen LogP contribution in [0, 0.1) is 17.8 Å². The van der Waals surface area contributed by atoms with Crippen molar-refractivity contribution in [3.8, 4) is 0 Å². The van der Waals surface area contributed by atoms with E-state index in [9.17, 15) is 4.79 Å². The fraction of sp³-hybridized carbons (Fsp3) is 0.909. The van der Waals surface area contributed by atoms with Crippen molar-refractivity contribution in [2.75, 3.05) is 0 Å². The van der Waals surface area contributed by atoms with Crippen LogP contribution in [0.5, 0.6) is 0 Å². The highest BCUT2D eigenvalue weighted by Gasteiger charge is 2.43. The van der Waals surface area contributed by atoms with Crippen molar-refractivity contribution in [2.45, 2.75) is 43.9 Å². The van der Waals surface area contributed by atoms with Crippen molar-refractivity contribution < 1.29 is 4.79 Å². The Labute approximate surface area is 88.4 Å². The Hall–Kier alpha value is 0.150. The normalized spacial score (nSPS) is 50.7. The molecule has 4 atom stereocenters. The van der Waals surface area contributed by atoms with Gasteiger partial charge in [0.1, 0.15) is 5.78 Å². The molecule has 0 aromatic carbocycles. The summed E-state index contributed by atoms with van der Waals surface area (Å²) in [5.41, 5.74) is 0. The standard InChI is InChI=1S/C11H17BrO/c1-7-3-8-4-9(10(7)13)6-11(2,12)5-8/h7-9H,3-6H2,1-2H3. The largest absolute Gasteiger partial charge is 0.299 e. The van der Waals surface area contributed by atoms with Crippen LogP contribution in [-0.4, -0.2) is 10.1 Å². The fourth-order valence-corrected chi connectivity index (χ4v) is 4.03. The summed E-state index contributed by atoms with van der Waals surface area (Å²) in [6.07, 6.45) is 4.58. The lowest BCUT2D eigenvalue weighted by Gasteiger charge is -2.43. The number of carbonyl (C=O) groups is 1. The number of alkyl halides is 1. The van der Waals surface area contributed by atoms with E-state index in [1.54, 1.807) is 0 Å². The lowest BCUT2D eigenvalue weighted by atomic mass is 9.65. The third kappa shape index (κ3) is 1.83. The lowest BCUT2D eigenvalue weighted by Crippen LogP contribution is -2.42. The van der Waals surface area contributed by atoms with Crippen LogP contribution >= 0.6 is 15.9 Å². The third-order valence-electron chi connectivity index (χ3n) is 3.58. The highest BCUT2D eigenvalue weighted by atomic mass is 79.9. The Morgan fingerprint density at radius 1 is 1.38 bits per heavy atom. The molecule has 0 N–H and O–H groups in total. The summed E-state index contributed by atoms with van der Waals surface area (Å²) < 4.78 is 0.233. The Balaban J connectivity index is 2.17. The Morgan fingerprint density at radius 3 is 2.77 bits per heavy atom. The van der Waals surface area contributed by atoms with Gasteiger partial charge in [-0.05, 0) is 38.5 Å². The number of ketones is 1. The van der Waals surface area contributed by atoms with Crippen molar-refractivity contribution in [2.24, 2.45) is 17.8 Å². The van der Waals surface area contributed by atoms with Crippen LogP contribution in [0.3, 0.4) is 0 Å². The molecule has 0 aromatic heterocycles. The monoisotopic (exact) mass is 244 g/mol. The first kappa shape index (κ1) is 9.70. The number of Topliss-reactive ketones (excluding diaryl/α,β-unsaturated/α-hetero) is 1. The van der Waals surface area contributed by atoms with E-state index < -0.39 is 0 Å². The van der Waals surface area contributed by atoms with Crippen molar-refractivity contribution >= 4 is 21.7 Å². The second kappa shape index (κ2) is 3.08. The zero-order chi connectivity index (χ0) is 9.64. The van der Waals surface area contributed by atoms with Crippen molar-refractivity contribution in [3.05, 3.63) is 0 Å². The van der Waals surface area contributed by atoms with Gasteiger partial charge in [-0.15, -0.1) is 0 Å². The predicted molar refractivity (Wildman–Crippen MR) is 57.0 cm³/mol. The number of carbonyl (C=O) groups excluding carboxylic acids is 1. The van der Waals surface area contributed by atoms with Gasteiger partial charge in [0, 0.05) is 16.2 Å².